The number of anilines is 1. The van der Waals surface area contributed by atoms with Crippen LogP contribution in [0.3, 0.4) is 0 Å². The van der Waals surface area contributed by atoms with Crippen LogP contribution in [0.4, 0.5) is 5.69 Å². The number of hydrogen-bond acceptors (Lipinski definition) is 3. The van der Waals surface area contributed by atoms with E-state index in [-0.39, 0.29) is 11.9 Å². The van der Waals surface area contributed by atoms with E-state index in [2.05, 4.69) is 24.5 Å². The van der Waals surface area contributed by atoms with Crippen molar-refractivity contribution in [1.29, 1.82) is 5.41 Å². The fourth-order valence-electron chi connectivity index (χ4n) is 2.90. The smallest absolute Gasteiger partial charge is 0.255 e. The van der Waals surface area contributed by atoms with Crippen LogP contribution in [0.5, 0.6) is 0 Å². The van der Waals surface area contributed by atoms with Crippen LogP contribution < -0.4 is 10.6 Å². The molecule has 114 valence electrons. The van der Waals surface area contributed by atoms with E-state index in [1.165, 1.54) is 4.90 Å². The number of nitrogens with zero attached hydrogens (tertiary/aromatic N) is 1. The van der Waals surface area contributed by atoms with E-state index in [9.17, 15) is 4.79 Å². The zero-order chi connectivity index (χ0) is 15.6. The van der Waals surface area contributed by atoms with Crippen molar-refractivity contribution >= 4 is 17.6 Å². The van der Waals surface area contributed by atoms with Gasteiger partial charge in [0, 0.05) is 12.7 Å². The maximum atomic E-state index is 12.6. The van der Waals surface area contributed by atoms with Crippen molar-refractivity contribution < 1.29 is 4.79 Å². The lowest BCUT2D eigenvalue weighted by molar-refractivity contribution is -0.131. The van der Waals surface area contributed by atoms with Gasteiger partial charge in [0.25, 0.3) is 5.91 Å². The third-order valence-electron chi connectivity index (χ3n) is 3.75. The van der Waals surface area contributed by atoms with E-state index in [0.29, 0.717) is 12.5 Å². The Kier molecular flexibility index (Phi) is 4.21. The molecule has 0 aromatic heterocycles. The number of benzene rings is 1. The highest BCUT2D eigenvalue weighted by Gasteiger charge is 2.45. The first-order valence-electron chi connectivity index (χ1n) is 7.31. The average Bonchev–Trinajstić information content (AvgIpc) is 2.61. The average molecular weight is 288 g/mol. The van der Waals surface area contributed by atoms with Crippen molar-refractivity contribution in [2.45, 2.75) is 39.3 Å². The molecule has 5 heteroatoms. The van der Waals surface area contributed by atoms with Gasteiger partial charge in [0.15, 0.2) is 5.96 Å². The van der Waals surface area contributed by atoms with E-state index < -0.39 is 5.54 Å². The van der Waals surface area contributed by atoms with Crippen molar-refractivity contribution in [3.05, 3.63) is 29.8 Å². The van der Waals surface area contributed by atoms with Gasteiger partial charge < -0.3 is 10.6 Å². The van der Waals surface area contributed by atoms with Gasteiger partial charge in [0.05, 0.1) is 6.54 Å². The van der Waals surface area contributed by atoms with Gasteiger partial charge in [-0.15, -0.1) is 0 Å². The van der Waals surface area contributed by atoms with E-state index in [1.54, 1.807) is 0 Å². The number of amides is 1. The molecule has 0 spiro atoms. The second kappa shape index (κ2) is 5.76. The maximum absolute atomic E-state index is 12.6. The van der Waals surface area contributed by atoms with E-state index in [1.807, 2.05) is 38.2 Å². The predicted molar refractivity (Wildman–Crippen MR) is 85.3 cm³/mol. The Morgan fingerprint density at radius 1 is 1.43 bits per heavy atom. The fraction of sp³-hybridized carbons (Fsp3) is 0.500. The molecule has 2 rings (SSSR count). The molecule has 1 fully saturated rings. The van der Waals surface area contributed by atoms with Crippen LogP contribution in [-0.2, 0) is 11.3 Å². The Hall–Kier alpha value is -2.04. The quantitative estimate of drug-likeness (QED) is 0.779. The molecule has 0 aliphatic carbocycles. The highest BCUT2D eigenvalue weighted by atomic mass is 16.2. The first-order chi connectivity index (χ1) is 9.85. The first kappa shape index (κ1) is 15.4. The second-order valence-corrected chi connectivity index (χ2v) is 6.25. The summed E-state index contributed by atoms with van der Waals surface area (Å²) in [5, 5.41) is 14.2. The Bertz CT molecular complexity index is 555. The van der Waals surface area contributed by atoms with Gasteiger partial charge in [-0.2, -0.15) is 0 Å². The molecule has 5 nitrogen and oxygen atoms in total. The van der Waals surface area contributed by atoms with Crippen molar-refractivity contribution in [2.24, 2.45) is 5.92 Å². The van der Waals surface area contributed by atoms with Crippen LogP contribution >= 0.6 is 0 Å². The maximum Gasteiger partial charge on any atom is 0.255 e. The van der Waals surface area contributed by atoms with Gasteiger partial charge in [-0.25, -0.2) is 0 Å². The summed E-state index contributed by atoms with van der Waals surface area (Å²) in [6.45, 7) is 6.48. The SMILES string of the molecule is CNc1cccc(CN2C(=N)NC(C)(CC(C)C)C2=O)c1. The van der Waals surface area contributed by atoms with Crippen LogP contribution in [-0.4, -0.2) is 29.4 Å². The topological polar surface area (TPSA) is 68.2 Å². The summed E-state index contributed by atoms with van der Waals surface area (Å²) in [5.74, 6) is 0.570. The molecule has 1 unspecified atom stereocenters. The molecule has 0 saturated carbocycles. The monoisotopic (exact) mass is 288 g/mol. The second-order valence-electron chi connectivity index (χ2n) is 6.25. The number of nitrogens with one attached hydrogen (secondary N) is 3. The predicted octanol–water partition coefficient (Wildman–Crippen LogP) is 2.40. The highest BCUT2D eigenvalue weighted by molar-refractivity contribution is 6.07. The normalized spacial score (nSPS) is 21.9. The lowest BCUT2D eigenvalue weighted by Crippen LogP contribution is -2.44. The van der Waals surface area contributed by atoms with Gasteiger partial charge in [0.2, 0.25) is 0 Å². The molecule has 1 aliphatic heterocycles. The molecule has 1 aromatic rings. The Morgan fingerprint density at radius 2 is 2.14 bits per heavy atom. The summed E-state index contributed by atoms with van der Waals surface area (Å²) >= 11 is 0. The van der Waals surface area contributed by atoms with Crippen LogP contribution in [0, 0.1) is 11.3 Å². The molecule has 1 aromatic carbocycles. The minimum absolute atomic E-state index is 0.0175. The molecular formula is C16H24N4O. The van der Waals surface area contributed by atoms with Gasteiger partial charge in [-0.1, -0.05) is 26.0 Å². The number of carbonyl (C=O) groups excluding carboxylic acids is 1. The summed E-state index contributed by atoms with van der Waals surface area (Å²) in [7, 11) is 1.86. The number of rotatable bonds is 5. The molecule has 1 saturated heterocycles. The molecule has 1 heterocycles. The minimum atomic E-state index is -0.661. The summed E-state index contributed by atoms with van der Waals surface area (Å²) < 4.78 is 0. The lowest BCUT2D eigenvalue weighted by Gasteiger charge is -2.24. The van der Waals surface area contributed by atoms with E-state index >= 15 is 0 Å². The number of carbonyl (C=O) groups is 1. The zero-order valence-corrected chi connectivity index (χ0v) is 13.2. The summed E-state index contributed by atoms with van der Waals surface area (Å²) in [4.78, 5) is 14.2. The first-order valence-corrected chi connectivity index (χ1v) is 7.31. The molecule has 1 aliphatic rings. The van der Waals surface area contributed by atoms with Crippen LogP contribution in [0.15, 0.2) is 24.3 Å². The third kappa shape index (κ3) is 3.17. The molecule has 1 atom stereocenters. The molecular weight excluding hydrogens is 264 g/mol. The van der Waals surface area contributed by atoms with Crippen molar-refractivity contribution in [3.63, 3.8) is 0 Å². The molecule has 1 amide bonds. The Labute approximate surface area is 126 Å². The largest absolute Gasteiger partial charge is 0.388 e. The van der Waals surface area contributed by atoms with Crippen molar-refractivity contribution in [2.75, 3.05) is 12.4 Å². The standard InChI is InChI=1S/C16H24N4O/c1-11(2)9-16(3)14(21)20(15(17)19-16)10-12-6-5-7-13(8-12)18-4/h5-8,11,18H,9-10H2,1-4H3,(H2,17,19). The third-order valence-corrected chi connectivity index (χ3v) is 3.75. The lowest BCUT2D eigenvalue weighted by atomic mass is 9.91. The summed E-state index contributed by atoms with van der Waals surface area (Å²) in [6, 6.07) is 7.89. The summed E-state index contributed by atoms with van der Waals surface area (Å²) in [6.07, 6.45) is 0.723. The Morgan fingerprint density at radius 3 is 2.76 bits per heavy atom. The zero-order valence-electron chi connectivity index (χ0n) is 13.2. The number of guanidine groups is 1. The fourth-order valence-corrected chi connectivity index (χ4v) is 2.90. The van der Waals surface area contributed by atoms with Crippen LogP contribution in [0.2, 0.25) is 0 Å². The molecule has 0 radical (unpaired) electrons. The highest BCUT2D eigenvalue weighted by Crippen LogP contribution is 2.26. The number of hydrogen-bond donors (Lipinski definition) is 3. The van der Waals surface area contributed by atoms with Gasteiger partial charge >= 0.3 is 0 Å². The van der Waals surface area contributed by atoms with E-state index in [4.69, 9.17) is 5.41 Å². The minimum Gasteiger partial charge on any atom is -0.388 e. The molecule has 21 heavy (non-hydrogen) atoms. The Balaban J connectivity index is 2.17. The molecule has 3 N–H and O–H groups in total. The van der Waals surface area contributed by atoms with Crippen LogP contribution in [0.25, 0.3) is 0 Å². The van der Waals surface area contributed by atoms with Gasteiger partial charge in [-0.05, 0) is 37.0 Å². The summed E-state index contributed by atoms with van der Waals surface area (Å²) in [5.41, 5.74) is 1.35. The van der Waals surface area contributed by atoms with Gasteiger partial charge in [-0.3, -0.25) is 15.1 Å². The van der Waals surface area contributed by atoms with Gasteiger partial charge in [0.1, 0.15) is 5.54 Å². The van der Waals surface area contributed by atoms with E-state index in [0.717, 1.165) is 17.7 Å². The van der Waals surface area contributed by atoms with Crippen molar-refractivity contribution in [3.8, 4) is 0 Å². The molecule has 0 bridgehead atoms. The van der Waals surface area contributed by atoms with Crippen LogP contribution in [0.1, 0.15) is 32.8 Å². The van der Waals surface area contributed by atoms with Crippen molar-refractivity contribution in [1.82, 2.24) is 10.2 Å².